The molecule has 0 heterocycles. The smallest absolute Gasteiger partial charge is 0.412 e. The summed E-state index contributed by atoms with van der Waals surface area (Å²) in [7, 11) is 0. The Hall–Kier alpha value is -0.980. The van der Waals surface area contributed by atoms with Gasteiger partial charge >= 0.3 is 6.09 Å². The summed E-state index contributed by atoms with van der Waals surface area (Å²) < 4.78 is 6.02. The molecule has 0 bridgehead atoms. The van der Waals surface area contributed by atoms with E-state index >= 15 is 0 Å². The molecule has 0 aliphatic heterocycles. The van der Waals surface area contributed by atoms with E-state index in [0.717, 1.165) is 3.57 Å². The Morgan fingerprint density at radius 1 is 1.44 bits per heavy atom. The van der Waals surface area contributed by atoms with Crippen LogP contribution in [0.25, 0.3) is 0 Å². The molecule has 0 radical (unpaired) electrons. The van der Waals surface area contributed by atoms with Gasteiger partial charge < -0.3 is 10.5 Å². The Balaban J connectivity index is 2.74. The van der Waals surface area contributed by atoms with Crippen molar-refractivity contribution in [2.75, 3.05) is 11.1 Å². The zero-order valence-electron chi connectivity index (χ0n) is 9.50. The van der Waals surface area contributed by atoms with Gasteiger partial charge in [-0.05, 0) is 55.5 Å². The van der Waals surface area contributed by atoms with E-state index in [-0.39, 0.29) is 0 Å². The largest absolute Gasteiger partial charge is 0.444 e. The highest BCUT2D eigenvalue weighted by Crippen LogP contribution is 2.24. The Morgan fingerprint density at radius 3 is 2.62 bits per heavy atom. The zero-order chi connectivity index (χ0) is 12.3. The molecule has 1 aromatic rings. The third-order valence-electron chi connectivity index (χ3n) is 1.69. The summed E-state index contributed by atoms with van der Waals surface area (Å²) in [4.78, 5) is 11.5. The molecule has 1 amide bonds. The number of hydrogen-bond acceptors (Lipinski definition) is 3. The summed E-state index contributed by atoms with van der Waals surface area (Å²) in [5, 5.41) is 2.62. The fraction of sp³-hybridized carbons (Fsp3) is 0.364. The van der Waals surface area contributed by atoms with E-state index in [1.807, 2.05) is 32.9 Å². The lowest BCUT2D eigenvalue weighted by Crippen LogP contribution is -2.27. The van der Waals surface area contributed by atoms with Gasteiger partial charge in [0.1, 0.15) is 5.60 Å². The van der Waals surface area contributed by atoms with Gasteiger partial charge in [0, 0.05) is 3.57 Å². The third kappa shape index (κ3) is 3.88. The first-order valence-electron chi connectivity index (χ1n) is 4.83. The Labute approximate surface area is 109 Å². The second kappa shape index (κ2) is 4.90. The third-order valence-corrected chi connectivity index (χ3v) is 2.63. The topological polar surface area (TPSA) is 64.3 Å². The maximum atomic E-state index is 11.5. The number of hydrogen-bond donors (Lipinski definition) is 2. The van der Waals surface area contributed by atoms with Crippen LogP contribution in [0.5, 0.6) is 0 Å². The van der Waals surface area contributed by atoms with E-state index in [2.05, 4.69) is 27.9 Å². The van der Waals surface area contributed by atoms with Gasteiger partial charge in [0.05, 0.1) is 11.4 Å². The number of nitrogens with one attached hydrogen (secondary N) is 1. The van der Waals surface area contributed by atoms with Crippen molar-refractivity contribution in [3.8, 4) is 0 Å². The van der Waals surface area contributed by atoms with Crippen LogP contribution in [-0.4, -0.2) is 11.7 Å². The van der Waals surface area contributed by atoms with Crippen molar-refractivity contribution in [2.24, 2.45) is 0 Å². The molecule has 1 rings (SSSR count). The van der Waals surface area contributed by atoms with Crippen molar-refractivity contribution in [1.29, 1.82) is 0 Å². The maximum absolute atomic E-state index is 11.5. The average molecular weight is 334 g/mol. The van der Waals surface area contributed by atoms with Crippen molar-refractivity contribution in [1.82, 2.24) is 0 Å². The van der Waals surface area contributed by atoms with Gasteiger partial charge in [0.2, 0.25) is 0 Å². The van der Waals surface area contributed by atoms with Crippen LogP contribution in [0.3, 0.4) is 0 Å². The number of benzene rings is 1. The van der Waals surface area contributed by atoms with Gasteiger partial charge in [0.15, 0.2) is 0 Å². The first kappa shape index (κ1) is 13.1. The zero-order valence-corrected chi connectivity index (χ0v) is 11.7. The SMILES string of the molecule is CC(C)(C)OC(=O)Nc1cccc(I)c1N. The standard InChI is InChI=1S/C11H15IN2O2/c1-11(2,3)16-10(15)14-8-6-4-5-7(12)9(8)13/h4-6H,13H2,1-3H3,(H,14,15). The molecule has 0 aliphatic carbocycles. The predicted octanol–water partition coefficient (Wildman–Crippen LogP) is 3.22. The highest BCUT2D eigenvalue weighted by molar-refractivity contribution is 14.1. The normalized spacial score (nSPS) is 11.0. The summed E-state index contributed by atoms with van der Waals surface area (Å²) in [5.41, 5.74) is 6.42. The Bertz CT molecular complexity index is 399. The fourth-order valence-electron chi connectivity index (χ4n) is 1.06. The van der Waals surface area contributed by atoms with E-state index in [1.54, 1.807) is 6.07 Å². The molecule has 0 atom stereocenters. The van der Waals surface area contributed by atoms with Gasteiger partial charge in [-0.1, -0.05) is 6.07 Å². The number of ether oxygens (including phenoxy) is 1. The fourth-order valence-corrected chi connectivity index (χ4v) is 1.56. The van der Waals surface area contributed by atoms with Crippen molar-refractivity contribution in [2.45, 2.75) is 26.4 Å². The molecule has 5 heteroatoms. The van der Waals surface area contributed by atoms with Crippen LogP contribution in [0.4, 0.5) is 16.2 Å². The van der Waals surface area contributed by atoms with Crippen LogP contribution in [0.1, 0.15) is 20.8 Å². The van der Waals surface area contributed by atoms with E-state index in [1.165, 1.54) is 0 Å². The molecular weight excluding hydrogens is 319 g/mol. The summed E-state index contributed by atoms with van der Waals surface area (Å²) in [6.07, 6.45) is -0.499. The van der Waals surface area contributed by atoms with Crippen LogP contribution >= 0.6 is 22.6 Å². The van der Waals surface area contributed by atoms with E-state index in [9.17, 15) is 4.79 Å². The Morgan fingerprint density at radius 2 is 2.06 bits per heavy atom. The van der Waals surface area contributed by atoms with E-state index in [4.69, 9.17) is 10.5 Å². The second-order valence-corrected chi connectivity index (χ2v) is 5.49. The average Bonchev–Trinajstić information content (AvgIpc) is 2.09. The van der Waals surface area contributed by atoms with Crippen LogP contribution in [0.2, 0.25) is 0 Å². The van der Waals surface area contributed by atoms with Crippen molar-refractivity contribution in [3.63, 3.8) is 0 Å². The van der Waals surface area contributed by atoms with Gasteiger partial charge in [0.25, 0.3) is 0 Å². The first-order valence-corrected chi connectivity index (χ1v) is 5.91. The van der Waals surface area contributed by atoms with Crippen LogP contribution in [-0.2, 0) is 4.74 Å². The molecule has 0 spiro atoms. The summed E-state index contributed by atoms with van der Waals surface area (Å²) >= 11 is 2.11. The highest BCUT2D eigenvalue weighted by Gasteiger charge is 2.17. The molecule has 0 aliphatic rings. The van der Waals surface area contributed by atoms with Crippen LogP contribution in [0.15, 0.2) is 18.2 Å². The number of rotatable bonds is 1. The molecule has 16 heavy (non-hydrogen) atoms. The lowest BCUT2D eigenvalue weighted by atomic mass is 10.2. The molecule has 1 aromatic carbocycles. The quantitative estimate of drug-likeness (QED) is 0.612. The molecule has 0 aromatic heterocycles. The minimum Gasteiger partial charge on any atom is -0.444 e. The predicted molar refractivity (Wildman–Crippen MR) is 73.4 cm³/mol. The van der Waals surface area contributed by atoms with Crippen molar-refractivity contribution >= 4 is 40.1 Å². The Kier molecular flexibility index (Phi) is 4.01. The molecule has 88 valence electrons. The highest BCUT2D eigenvalue weighted by atomic mass is 127. The number of para-hydroxylation sites is 1. The number of carbonyl (C=O) groups excluding carboxylic acids is 1. The summed E-state index contributed by atoms with van der Waals surface area (Å²) in [5.74, 6) is 0. The molecule has 0 unspecified atom stereocenters. The minimum absolute atomic E-state index is 0.499. The number of carbonyl (C=O) groups is 1. The summed E-state index contributed by atoms with van der Waals surface area (Å²) in [6, 6.07) is 5.43. The van der Waals surface area contributed by atoms with Crippen molar-refractivity contribution < 1.29 is 9.53 Å². The van der Waals surface area contributed by atoms with E-state index < -0.39 is 11.7 Å². The molecular formula is C11H15IN2O2. The maximum Gasteiger partial charge on any atom is 0.412 e. The summed E-state index contributed by atoms with van der Waals surface area (Å²) in [6.45, 7) is 5.43. The van der Waals surface area contributed by atoms with E-state index in [0.29, 0.717) is 11.4 Å². The number of nitrogen functional groups attached to an aromatic ring is 1. The van der Waals surface area contributed by atoms with Crippen molar-refractivity contribution in [3.05, 3.63) is 21.8 Å². The number of amides is 1. The van der Waals surface area contributed by atoms with Gasteiger partial charge in [-0.15, -0.1) is 0 Å². The van der Waals surface area contributed by atoms with Gasteiger partial charge in [-0.25, -0.2) is 4.79 Å². The molecule has 0 fully saturated rings. The lowest BCUT2D eigenvalue weighted by molar-refractivity contribution is 0.0636. The molecule has 3 N–H and O–H groups in total. The molecule has 0 saturated carbocycles. The molecule has 0 saturated heterocycles. The first-order chi connectivity index (χ1) is 7.29. The van der Waals surface area contributed by atoms with Gasteiger partial charge in [-0.3, -0.25) is 5.32 Å². The number of halogens is 1. The van der Waals surface area contributed by atoms with Crippen LogP contribution < -0.4 is 11.1 Å². The van der Waals surface area contributed by atoms with Gasteiger partial charge in [-0.2, -0.15) is 0 Å². The molecule has 4 nitrogen and oxygen atoms in total. The lowest BCUT2D eigenvalue weighted by Gasteiger charge is -2.20. The number of nitrogens with two attached hydrogens (primary N) is 1. The van der Waals surface area contributed by atoms with Crippen LogP contribution in [0, 0.1) is 3.57 Å². The second-order valence-electron chi connectivity index (χ2n) is 4.33. The minimum atomic E-state index is -0.513. The monoisotopic (exact) mass is 334 g/mol. The number of anilines is 2.